The molecule has 38 heavy (non-hydrogen) atoms. The lowest BCUT2D eigenvalue weighted by molar-refractivity contribution is 0.131. The van der Waals surface area contributed by atoms with Crippen LogP contribution in [0.25, 0.3) is 55.3 Å². The smallest absolute Gasteiger partial charge is 0.142 e. The van der Waals surface area contributed by atoms with Crippen LogP contribution < -0.4 is 0 Å². The first kappa shape index (κ1) is 22.5. The van der Waals surface area contributed by atoms with Crippen molar-refractivity contribution in [2.75, 3.05) is 0 Å². The van der Waals surface area contributed by atoms with Gasteiger partial charge in [-0.1, -0.05) is 123 Å². The first-order valence-corrected chi connectivity index (χ1v) is 14.2. The summed E-state index contributed by atoms with van der Waals surface area (Å²) < 4.78 is 1.89. The molecule has 0 aliphatic heterocycles. The maximum Gasteiger partial charge on any atom is 0.142 e. The molecule has 1 nitrogen and oxygen atoms in total. The maximum atomic E-state index is 12.9. The number of fused-ring (bicyclic) bond motifs is 6. The van der Waals surface area contributed by atoms with Gasteiger partial charge in [-0.25, -0.2) is 0 Å². The molecule has 2 aliphatic rings. The van der Waals surface area contributed by atoms with E-state index < -0.39 is 5.60 Å². The Morgan fingerprint density at radius 2 is 0.895 bits per heavy atom. The average Bonchev–Trinajstić information content (AvgIpc) is 3.40. The summed E-state index contributed by atoms with van der Waals surface area (Å²) in [5.41, 5.74) is 10.8. The fraction of sp³-hybridized carbons (Fsp3) is 0.0286. The topological polar surface area (TPSA) is 20.2 Å². The van der Waals surface area contributed by atoms with E-state index in [1.54, 1.807) is 0 Å². The largest absolute Gasteiger partial charge is 0.376 e. The van der Waals surface area contributed by atoms with Crippen molar-refractivity contribution >= 4 is 42.6 Å². The zero-order chi connectivity index (χ0) is 25.6. The predicted octanol–water partition coefficient (Wildman–Crippen LogP) is 9.94. The van der Waals surface area contributed by atoms with E-state index in [1.807, 2.05) is 18.2 Å². The van der Waals surface area contributed by atoms with Gasteiger partial charge < -0.3 is 5.11 Å². The van der Waals surface area contributed by atoms with Gasteiger partial charge in [0, 0.05) is 25.6 Å². The van der Waals surface area contributed by atoms with E-state index in [1.165, 1.54) is 33.0 Å². The Balaban J connectivity index is 1.44. The van der Waals surface area contributed by atoms with Gasteiger partial charge in [-0.15, -0.1) is 0 Å². The third-order valence-corrected chi connectivity index (χ3v) is 9.17. The van der Waals surface area contributed by atoms with Crippen LogP contribution in [-0.2, 0) is 5.60 Å². The standard InChI is InChI=1S/C35H20Br2O/c36-20-12-14-26-27-15-13-21(37)19-33(27)35(38,32(26)18-20)31-11-4-3-8-25(31)24-16-17-30-23-7-2-1-6-22(23)28-9-5-10-29(24)34(28)30/h1-19,38H. The molecule has 8 rings (SSSR count). The quantitative estimate of drug-likeness (QED) is 0.205. The van der Waals surface area contributed by atoms with Crippen LogP contribution in [0.3, 0.4) is 0 Å². The van der Waals surface area contributed by atoms with Crippen molar-refractivity contribution in [2.45, 2.75) is 5.60 Å². The molecule has 0 amide bonds. The molecule has 0 fully saturated rings. The van der Waals surface area contributed by atoms with E-state index in [-0.39, 0.29) is 0 Å². The number of hydrogen-bond donors (Lipinski definition) is 1. The third kappa shape index (κ3) is 2.90. The maximum absolute atomic E-state index is 12.9. The summed E-state index contributed by atoms with van der Waals surface area (Å²) in [4.78, 5) is 0. The summed E-state index contributed by atoms with van der Waals surface area (Å²) >= 11 is 7.32. The zero-order valence-electron chi connectivity index (χ0n) is 20.2. The van der Waals surface area contributed by atoms with Gasteiger partial charge in [-0.3, -0.25) is 0 Å². The molecule has 3 heteroatoms. The Bertz CT molecular complexity index is 1890. The molecule has 0 saturated carbocycles. The Kier molecular flexibility index (Phi) is 4.73. The summed E-state index contributed by atoms with van der Waals surface area (Å²) in [5.74, 6) is 0. The van der Waals surface area contributed by atoms with Crippen LogP contribution in [0, 0.1) is 0 Å². The Morgan fingerprint density at radius 1 is 0.421 bits per heavy atom. The molecular formula is C35H20Br2O. The average molecular weight is 616 g/mol. The van der Waals surface area contributed by atoms with Crippen molar-refractivity contribution in [3.63, 3.8) is 0 Å². The van der Waals surface area contributed by atoms with E-state index in [9.17, 15) is 5.11 Å². The number of hydrogen-bond acceptors (Lipinski definition) is 1. The fourth-order valence-corrected chi connectivity index (χ4v) is 7.34. The monoisotopic (exact) mass is 614 g/mol. The minimum absolute atomic E-state index is 0.882. The molecule has 6 aromatic rings. The summed E-state index contributed by atoms with van der Waals surface area (Å²) in [6.45, 7) is 0. The second-order valence-electron chi connectivity index (χ2n) is 10.1. The molecule has 0 spiro atoms. The van der Waals surface area contributed by atoms with Crippen molar-refractivity contribution in [1.29, 1.82) is 0 Å². The van der Waals surface area contributed by atoms with Crippen LogP contribution in [-0.4, -0.2) is 5.11 Å². The molecule has 0 saturated heterocycles. The Labute approximate surface area is 237 Å². The van der Waals surface area contributed by atoms with Gasteiger partial charge in [0.1, 0.15) is 5.60 Å². The van der Waals surface area contributed by atoms with E-state index in [0.29, 0.717) is 0 Å². The lowest BCUT2D eigenvalue weighted by atomic mass is 9.79. The third-order valence-electron chi connectivity index (χ3n) is 8.19. The SMILES string of the molecule is OC1(c2ccccc2-c2ccc3c4c(cccc24)-c2ccccc2-3)c2cc(Br)ccc2-c2ccc(Br)cc21. The van der Waals surface area contributed by atoms with Crippen LogP contribution in [0.15, 0.2) is 124 Å². The highest BCUT2D eigenvalue weighted by Crippen LogP contribution is 2.55. The van der Waals surface area contributed by atoms with Crippen LogP contribution >= 0.6 is 31.9 Å². The summed E-state index contributed by atoms with van der Waals surface area (Å²) in [6.07, 6.45) is 0. The second-order valence-corrected chi connectivity index (χ2v) is 11.9. The van der Waals surface area contributed by atoms with Gasteiger partial charge in [-0.05, 0) is 79.5 Å². The molecular weight excluding hydrogens is 596 g/mol. The van der Waals surface area contributed by atoms with Gasteiger partial charge in [-0.2, -0.15) is 0 Å². The molecule has 1 N–H and O–H groups in total. The fourth-order valence-electron chi connectivity index (χ4n) is 6.61. The Morgan fingerprint density at radius 3 is 1.55 bits per heavy atom. The number of halogens is 2. The molecule has 0 atom stereocenters. The second kappa shape index (κ2) is 8.00. The normalized spacial score (nSPS) is 13.9. The number of rotatable bonds is 2. The minimum atomic E-state index is -1.30. The lowest BCUT2D eigenvalue weighted by Crippen LogP contribution is -2.27. The molecule has 0 aromatic heterocycles. The molecule has 2 aliphatic carbocycles. The van der Waals surface area contributed by atoms with Crippen LogP contribution in [0.4, 0.5) is 0 Å². The van der Waals surface area contributed by atoms with E-state index in [4.69, 9.17) is 0 Å². The van der Waals surface area contributed by atoms with Gasteiger partial charge >= 0.3 is 0 Å². The molecule has 180 valence electrons. The number of benzene rings is 6. The van der Waals surface area contributed by atoms with Crippen molar-refractivity contribution < 1.29 is 5.11 Å². The molecule has 0 bridgehead atoms. The van der Waals surface area contributed by atoms with Crippen molar-refractivity contribution in [1.82, 2.24) is 0 Å². The van der Waals surface area contributed by atoms with Crippen LogP contribution in [0.1, 0.15) is 16.7 Å². The van der Waals surface area contributed by atoms with Crippen molar-refractivity contribution in [3.8, 4) is 44.5 Å². The van der Waals surface area contributed by atoms with Crippen molar-refractivity contribution in [3.05, 3.63) is 141 Å². The van der Waals surface area contributed by atoms with E-state index in [0.717, 1.165) is 47.9 Å². The summed E-state index contributed by atoms with van der Waals surface area (Å²) in [5, 5.41) is 15.3. The first-order valence-electron chi connectivity index (χ1n) is 12.6. The summed E-state index contributed by atoms with van der Waals surface area (Å²) in [6, 6.07) is 40.4. The van der Waals surface area contributed by atoms with Gasteiger partial charge in [0.05, 0.1) is 0 Å². The zero-order valence-corrected chi connectivity index (χ0v) is 23.3. The van der Waals surface area contributed by atoms with E-state index >= 15 is 0 Å². The highest BCUT2D eigenvalue weighted by Gasteiger charge is 2.45. The van der Waals surface area contributed by atoms with Crippen LogP contribution in [0.2, 0.25) is 0 Å². The molecule has 0 heterocycles. The van der Waals surface area contributed by atoms with Gasteiger partial charge in [0.15, 0.2) is 0 Å². The molecule has 6 aromatic carbocycles. The summed E-state index contributed by atoms with van der Waals surface area (Å²) in [7, 11) is 0. The van der Waals surface area contributed by atoms with Gasteiger partial charge in [0.25, 0.3) is 0 Å². The Hall–Kier alpha value is -3.50. The minimum Gasteiger partial charge on any atom is -0.376 e. The van der Waals surface area contributed by atoms with E-state index in [2.05, 4.69) is 129 Å². The molecule has 0 unspecified atom stereocenters. The van der Waals surface area contributed by atoms with Crippen LogP contribution in [0.5, 0.6) is 0 Å². The van der Waals surface area contributed by atoms with Crippen molar-refractivity contribution in [2.24, 2.45) is 0 Å². The lowest BCUT2D eigenvalue weighted by Gasteiger charge is -2.29. The predicted molar refractivity (Wildman–Crippen MR) is 163 cm³/mol. The number of aliphatic hydroxyl groups is 1. The van der Waals surface area contributed by atoms with Gasteiger partial charge in [0.2, 0.25) is 0 Å². The first-order chi connectivity index (χ1) is 18.6. The highest BCUT2D eigenvalue weighted by atomic mass is 79.9. The highest BCUT2D eigenvalue weighted by molar-refractivity contribution is 9.10. The molecule has 0 radical (unpaired) electrons.